The van der Waals surface area contributed by atoms with Gasteiger partial charge >= 0.3 is 18.2 Å². The Labute approximate surface area is 666 Å². The van der Waals surface area contributed by atoms with Crippen molar-refractivity contribution in [2.24, 2.45) is 51.1 Å². The topological polar surface area (TPSA) is 355 Å². The second-order valence-electron chi connectivity index (χ2n) is 37.4. The summed E-state index contributed by atoms with van der Waals surface area (Å²) in [4.78, 5) is 111. The molecule has 8 N–H and O–H groups in total. The lowest BCUT2D eigenvalue weighted by Crippen LogP contribution is -2.60. The molecule has 2 saturated heterocycles. The smallest absolute Gasteiger partial charge is 0.407 e. The number of hydrogen-bond acceptors (Lipinski definition) is 17. The molecule has 4 aromatic carbocycles. The number of nitrogens with two attached hydrogens (primary N) is 1. The Morgan fingerprint density at radius 2 is 0.929 bits per heavy atom. The van der Waals surface area contributed by atoms with E-state index in [0.717, 1.165) is 97.6 Å². The van der Waals surface area contributed by atoms with Crippen molar-refractivity contribution in [1.82, 2.24) is 35.2 Å². The zero-order chi connectivity index (χ0) is 81.8. The molecule has 0 unspecified atom stereocenters. The molecule has 25 nitrogen and oxygen atoms in total. The van der Waals surface area contributed by atoms with Gasteiger partial charge < -0.3 is 55.5 Å². The van der Waals surface area contributed by atoms with Crippen LogP contribution in [0.25, 0.3) is 22.3 Å². The van der Waals surface area contributed by atoms with Gasteiger partial charge in [0.15, 0.2) is 0 Å². The van der Waals surface area contributed by atoms with Crippen LogP contribution in [0.2, 0.25) is 0 Å². The number of methoxy groups -OCH3 is 2. The lowest BCUT2D eigenvalue weighted by Gasteiger charge is -2.36. The Hall–Kier alpha value is -7.98. The summed E-state index contributed by atoms with van der Waals surface area (Å²) in [7, 11) is -4.19. The number of aryl methyl sites for hydroxylation is 2. The fourth-order valence-electron chi connectivity index (χ4n) is 17.3. The summed E-state index contributed by atoms with van der Waals surface area (Å²) in [6.07, 6.45) is 13.1. The van der Waals surface area contributed by atoms with Gasteiger partial charge in [-0.1, -0.05) is 166 Å². The minimum absolute atomic E-state index is 0.00480. The van der Waals surface area contributed by atoms with E-state index >= 15 is 0 Å². The van der Waals surface area contributed by atoms with Gasteiger partial charge in [-0.15, -0.1) is 0 Å². The highest BCUT2D eigenvalue weighted by atomic mass is 32.2. The number of amides is 7. The third-order valence-electron chi connectivity index (χ3n) is 25.5. The Bertz CT molecular complexity index is 4490. The van der Waals surface area contributed by atoms with Gasteiger partial charge in [-0.2, -0.15) is 0 Å². The molecule has 0 radical (unpaired) electrons. The number of carbonyl (C=O) groups is 8. The maximum Gasteiger partial charge on any atom is 0.407 e. The molecule has 6 aliphatic carbocycles. The van der Waals surface area contributed by atoms with Crippen LogP contribution in [0, 0.1) is 45.3 Å². The predicted molar refractivity (Wildman–Crippen MR) is 427 cm³/mol. The molecule has 6 heterocycles. The predicted octanol–water partition coefficient (Wildman–Crippen LogP) is 11.1. The third kappa shape index (κ3) is 19.3. The molecule has 27 heteroatoms. The van der Waals surface area contributed by atoms with E-state index in [4.69, 9.17) is 24.7 Å². The zero-order valence-electron chi connectivity index (χ0n) is 67.7. The van der Waals surface area contributed by atoms with Crippen molar-refractivity contribution >= 4 is 67.7 Å². The van der Waals surface area contributed by atoms with Crippen molar-refractivity contribution in [1.29, 1.82) is 0 Å². The first kappa shape index (κ1) is 84.4. The lowest BCUT2D eigenvalue weighted by atomic mass is 9.83. The Kier molecular flexibility index (Phi) is 24.1. The van der Waals surface area contributed by atoms with Crippen LogP contribution in [-0.4, -0.2) is 166 Å². The molecule has 12 aliphatic rings. The van der Waals surface area contributed by atoms with Crippen LogP contribution in [-0.2, 0) is 91.8 Å². The summed E-state index contributed by atoms with van der Waals surface area (Å²) in [6, 6.07) is 28.6. The summed E-state index contributed by atoms with van der Waals surface area (Å²) in [5, 5.41) is 17.8. The van der Waals surface area contributed by atoms with Crippen LogP contribution in [0.5, 0.6) is 0 Å². The van der Waals surface area contributed by atoms with Crippen molar-refractivity contribution in [3.63, 3.8) is 0 Å². The van der Waals surface area contributed by atoms with Gasteiger partial charge in [-0.25, -0.2) is 31.2 Å². The maximum absolute atomic E-state index is 14.9. The number of fused-ring (bicyclic) bond motifs is 24. The minimum atomic E-state index is -3.86. The highest BCUT2D eigenvalue weighted by Crippen LogP contribution is 2.58. The fraction of sp³-hybridized carbons (Fsp3) is 0.628. The summed E-state index contributed by atoms with van der Waals surface area (Å²) in [5.74, 6) is -3.07. The standard InChI is InChI=1S/C43H58N4O8S.C33H44N2O6.C10H16N2O3S/c1-40(2,3)35-37(49)47-26-42(54-6,25-34(47)36(48)45-43(24-33(43)29-13-14-29)38(50)46-56(52,53)31-19-20-31)30-17-15-28(16-18-30)32-12-8-7-10-27(32)11-9-21-41(4,5)22-23-55-39(51)44-35;1-31(2,3)27-28(36)35-21-33(40-6,20-26(35)29(37)38)24-15-13-23(14-16-24)25-12-8-7-10-22(25)11-9-17-32(4,5)18-19-41-30(39)34-27;11-10(5-8(10)6-1-2-6)9(13)12-16(14,15)7-3-4-7/h7-8,10,12,15-18,29,31,33-35H,9,11,13-14,19-26H2,1-6H3,(H,44,51)(H,45,48)(H,46,50);7-8,10,12-16,26-27H,9,11,17-21H2,1-6H3,(H,34,39)(H,37,38);6-8H,1-5,11H2,(H,12,13)/t33-,34-,35+,42-,43+;26-,27+,33-;8-,10+/m000/s1. The van der Waals surface area contributed by atoms with Crippen LogP contribution < -0.4 is 31.1 Å². The fourth-order valence-corrected chi connectivity index (χ4v) is 20.0. The molecule has 6 aliphatic heterocycles. The van der Waals surface area contributed by atoms with Gasteiger partial charge in [0.25, 0.3) is 11.8 Å². The van der Waals surface area contributed by atoms with E-state index in [1.807, 2.05) is 90.1 Å². The van der Waals surface area contributed by atoms with Gasteiger partial charge in [-0.05, 0) is 205 Å². The summed E-state index contributed by atoms with van der Waals surface area (Å²) < 4.78 is 76.9. The monoisotopic (exact) mass is 1600 g/mol. The number of hydrogen-bond donors (Lipinski definition) is 7. The van der Waals surface area contributed by atoms with E-state index in [2.05, 4.69) is 102 Å². The van der Waals surface area contributed by atoms with Gasteiger partial charge in [-0.3, -0.25) is 33.4 Å². The number of carbonyl (C=O) groups excluding carboxylic acids is 7. The van der Waals surface area contributed by atoms with E-state index in [0.29, 0.717) is 57.3 Å². The van der Waals surface area contributed by atoms with Gasteiger partial charge in [0.2, 0.25) is 37.8 Å². The second kappa shape index (κ2) is 32.2. The molecular formula is C86H118N8O17S2. The number of nitrogens with one attached hydrogen (secondary N) is 5. The molecule has 7 amide bonds. The van der Waals surface area contributed by atoms with Crippen molar-refractivity contribution in [2.45, 2.75) is 255 Å². The zero-order valence-corrected chi connectivity index (χ0v) is 69.4. The van der Waals surface area contributed by atoms with E-state index in [-0.39, 0.29) is 73.0 Å². The van der Waals surface area contributed by atoms with Crippen molar-refractivity contribution < 1.29 is 79.2 Å². The number of sulfonamides is 2. The SMILES string of the molecule is CO[C@@]12C[C@@H](C(=O)N[C@]3(C(=O)NS(=O)(=O)C4CC4)C[C@H]3C3CC3)N(C1)C(=O)[C@H](C(C)(C)C)NC(=O)OCCC(C)(C)CCCc1ccccc1-c1ccc2cc1.CO[C@@]12C[C@@H](C(=O)O)N(C1)C(=O)[C@H](C(C)(C)C)NC(=O)OCCC(C)(C)CCCc1ccccc1-c1ccc2cc1.N[C@]1(C(=O)NS(=O)(=O)C2CC2)C[C@H]1C1CC1. The first-order valence-corrected chi connectivity index (χ1v) is 43.6. The molecule has 10 atom stereocenters. The molecule has 6 saturated carbocycles. The summed E-state index contributed by atoms with van der Waals surface area (Å²) in [5.41, 5.74) is 8.39. The van der Waals surface area contributed by atoms with E-state index in [1.165, 1.54) is 20.9 Å². The van der Waals surface area contributed by atoms with Gasteiger partial charge in [0.1, 0.15) is 40.9 Å². The first-order valence-electron chi connectivity index (χ1n) is 40.5. The minimum Gasteiger partial charge on any atom is -0.480 e. The van der Waals surface area contributed by atoms with Gasteiger partial charge in [0, 0.05) is 27.1 Å². The number of carboxylic acids is 1. The lowest BCUT2D eigenvalue weighted by molar-refractivity contribution is -0.150. The molecule has 113 heavy (non-hydrogen) atoms. The van der Waals surface area contributed by atoms with E-state index in [9.17, 15) is 60.3 Å². The number of benzene rings is 4. The second-order valence-corrected chi connectivity index (χ2v) is 41.3. The molecule has 8 bridgehead atoms. The average Bonchev–Trinajstić information content (AvgIpc) is 1.53. The van der Waals surface area contributed by atoms with Gasteiger partial charge in [0.05, 0.1) is 42.3 Å². The molecular weight excluding hydrogens is 1480 g/mol. The molecule has 16 rings (SSSR count). The summed E-state index contributed by atoms with van der Waals surface area (Å²) in [6.45, 7) is 20.2. The first-order chi connectivity index (χ1) is 53.1. The van der Waals surface area contributed by atoms with Crippen LogP contribution in [0.4, 0.5) is 9.59 Å². The van der Waals surface area contributed by atoms with Crippen LogP contribution in [0.3, 0.4) is 0 Å². The summed E-state index contributed by atoms with van der Waals surface area (Å²) >= 11 is 0. The highest BCUT2D eigenvalue weighted by molar-refractivity contribution is 7.91. The number of aliphatic carboxylic acids is 1. The molecule has 8 fully saturated rings. The number of nitrogens with zero attached hydrogens (tertiary/aromatic N) is 2. The number of rotatable bonds is 13. The van der Waals surface area contributed by atoms with Crippen LogP contribution >= 0.6 is 0 Å². The van der Waals surface area contributed by atoms with E-state index in [1.54, 1.807) is 14.2 Å². The number of alkyl carbamates (subject to hydrolysis) is 2. The Morgan fingerprint density at radius 3 is 1.33 bits per heavy atom. The van der Waals surface area contributed by atoms with E-state index < -0.39 is 130 Å². The van der Waals surface area contributed by atoms with Crippen LogP contribution in [0.15, 0.2) is 97.1 Å². The maximum atomic E-state index is 14.9. The number of ether oxygens (including phenoxy) is 4. The molecule has 4 aromatic rings. The Morgan fingerprint density at radius 1 is 0.531 bits per heavy atom. The molecule has 0 aromatic heterocycles. The normalized spacial score (nSPS) is 29.5. The van der Waals surface area contributed by atoms with Crippen molar-refractivity contribution in [3.05, 3.63) is 119 Å². The average molecular weight is 1600 g/mol. The quantitative estimate of drug-likeness (QED) is 0.0654. The van der Waals surface area contributed by atoms with Crippen molar-refractivity contribution in [3.8, 4) is 22.3 Å². The molecule has 0 spiro atoms. The number of carboxylic acid groups (broad SMARTS) is 1. The largest absolute Gasteiger partial charge is 0.480 e. The Balaban J connectivity index is 0.000000180. The highest BCUT2D eigenvalue weighted by Gasteiger charge is 2.68. The third-order valence-corrected chi connectivity index (χ3v) is 29.1. The van der Waals surface area contributed by atoms with Crippen molar-refractivity contribution in [2.75, 3.05) is 40.5 Å². The molecule has 616 valence electrons. The van der Waals surface area contributed by atoms with Crippen LogP contribution in [0.1, 0.15) is 207 Å².